The smallest absolute Gasteiger partial charge is 0.295 e. The molecule has 1 amide bonds. The molecule has 2 heterocycles. The maximum atomic E-state index is 13.0. The third kappa shape index (κ3) is 4.77. The molecule has 1 N–H and O–H groups in total. The zero-order valence-corrected chi connectivity index (χ0v) is 19.3. The fourth-order valence-electron chi connectivity index (χ4n) is 3.78. The maximum Gasteiger partial charge on any atom is 0.295 e. The fraction of sp³-hybridized carbons (Fsp3) is 0.304. The van der Waals surface area contributed by atoms with E-state index in [4.69, 9.17) is 4.74 Å². The lowest BCUT2D eigenvalue weighted by Crippen LogP contribution is -2.41. The second kappa shape index (κ2) is 9.34. The molecule has 1 aliphatic heterocycles. The van der Waals surface area contributed by atoms with Gasteiger partial charge in [-0.1, -0.05) is 30.3 Å². The van der Waals surface area contributed by atoms with Gasteiger partial charge < -0.3 is 10.1 Å². The minimum Gasteiger partial charge on any atom is -0.379 e. The highest BCUT2D eigenvalue weighted by Crippen LogP contribution is 2.17. The van der Waals surface area contributed by atoms with Crippen molar-refractivity contribution in [3.8, 4) is 5.69 Å². The minimum atomic E-state index is -3.45. The summed E-state index contributed by atoms with van der Waals surface area (Å²) in [6.45, 7) is 3.24. The summed E-state index contributed by atoms with van der Waals surface area (Å²) in [5, 5.41) is 2.71. The van der Waals surface area contributed by atoms with Gasteiger partial charge in [0.05, 0.1) is 30.3 Å². The van der Waals surface area contributed by atoms with Crippen molar-refractivity contribution >= 4 is 21.6 Å². The van der Waals surface area contributed by atoms with Crippen LogP contribution >= 0.6 is 0 Å². The van der Waals surface area contributed by atoms with Gasteiger partial charge in [-0.2, -0.15) is 4.31 Å². The van der Waals surface area contributed by atoms with Crippen LogP contribution in [0.3, 0.4) is 0 Å². The number of aromatic nitrogens is 2. The van der Waals surface area contributed by atoms with Crippen LogP contribution in [0.5, 0.6) is 0 Å². The number of sulfonamides is 1. The van der Waals surface area contributed by atoms with Gasteiger partial charge in [0.1, 0.15) is 5.69 Å². The lowest BCUT2D eigenvalue weighted by Gasteiger charge is -2.26. The van der Waals surface area contributed by atoms with E-state index < -0.39 is 15.9 Å². The normalized spacial score (nSPS) is 14.8. The predicted octanol–water partition coefficient (Wildman–Crippen LogP) is 1.90. The largest absolute Gasteiger partial charge is 0.379 e. The summed E-state index contributed by atoms with van der Waals surface area (Å²) in [7, 11) is -1.70. The highest BCUT2D eigenvalue weighted by molar-refractivity contribution is 7.88. The van der Waals surface area contributed by atoms with E-state index in [0.29, 0.717) is 48.8 Å². The van der Waals surface area contributed by atoms with E-state index in [1.807, 2.05) is 30.3 Å². The number of nitrogens with zero attached hydrogens (tertiary/aromatic N) is 3. The topological polar surface area (TPSA) is 103 Å². The third-order valence-corrected chi connectivity index (χ3v) is 7.57. The Morgan fingerprint density at radius 1 is 1.03 bits per heavy atom. The molecule has 0 radical (unpaired) electrons. The fourth-order valence-corrected chi connectivity index (χ4v) is 5.28. The van der Waals surface area contributed by atoms with E-state index in [2.05, 4.69) is 5.32 Å². The van der Waals surface area contributed by atoms with Crippen molar-refractivity contribution in [1.29, 1.82) is 0 Å². The van der Waals surface area contributed by atoms with Crippen LogP contribution in [-0.4, -0.2) is 54.3 Å². The van der Waals surface area contributed by atoms with E-state index in [-0.39, 0.29) is 17.0 Å². The van der Waals surface area contributed by atoms with Crippen LogP contribution in [-0.2, 0) is 27.6 Å². The Morgan fingerprint density at radius 2 is 1.67 bits per heavy atom. The number of hydrogen-bond acceptors (Lipinski definition) is 5. The lowest BCUT2D eigenvalue weighted by molar-refractivity contribution is 0.0729. The SMILES string of the molecule is Cc1c(NC(=O)c2ccc(CS(=O)(=O)N3CCOCC3)cc2)c(=O)n(-c2ccccc2)n1C. The highest BCUT2D eigenvalue weighted by atomic mass is 32.2. The Bertz CT molecular complexity index is 1310. The molecule has 10 heteroatoms. The Labute approximate surface area is 192 Å². The summed E-state index contributed by atoms with van der Waals surface area (Å²) in [6.07, 6.45) is 0. The molecule has 0 aliphatic carbocycles. The first-order valence-corrected chi connectivity index (χ1v) is 12.2. The number of ether oxygens (including phenoxy) is 1. The molecule has 1 aromatic heterocycles. The van der Waals surface area contributed by atoms with Gasteiger partial charge in [-0.25, -0.2) is 13.1 Å². The molecule has 0 saturated carbocycles. The number of benzene rings is 2. The summed E-state index contributed by atoms with van der Waals surface area (Å²) in [6, 6.07) is 15.5. The van der Waals surface area contributed by atoms with Crippen LogP contribution in [0.1, 0.15) is 21.6 Å². The number of hydrogen-bond donors (Lipinski definition) is 1. The third-order valence-electron chi connectivity index (χ3n) is 5.72. The van der Waals surface area contributed by atoms with Gasteiger partial charge >= 0.3 is 0 Å². The molecule has 0 bridgehead atoms. The molecule has 0 atom stereocenters. The van der Waals surface area contributed by atoms with Crippen molar-refractivity contribution < 1.29 is 17.9 Å². The van der Waals surface area contributed by atoms with Gasteiger partial charge in [0.25, 0.3) is 11.5 Å². The molecule has 4 rings (SSSR count). The molecular weight excluding hydrogens is 444 g/mol. The van der Waals surface area contributed by atoms with E-state index in [0.717, 1.165) is 0 Å². The van der Waals surface area contributed by atoms with Crippen molar-refractivity contribution in [2.75, 3.05) is 31.6 Å². The average Bonchev–Trinajstić information content (AvgIpc) is 3.03. The average molecular weight is 471 g/mol. The zero-order valence-electron chi connectivity index (χ0n) is 18.5. The number of nitrogens with one attached hydrogen (secondary N) is 1. The summed E-state index contributed by atoms with van der Waals surface area (Å²) >= 11 is 0. The van der Waals surface area contributed by atoms with Crippen molar-refractivity contribution in [3.63, 3.8) is 0 Å². The van der Waals surface area contributed by atoms with E-state index in [1.54, 1.807) is 42.9 Å². The van der Waals surface area contributed by atoms with E-state index in [9.17, 15) is 18.0 Å². The van der Waals surface area contributed by atoms with Crippen molar-refractivity contribution in [2.24, 2.45) is 7.05 Å². The molecule has 0 spiro atoms. The van der Waals surface area contributed by atoms with Crippen molar-refractivity contribution in [2.45, 2.75) is 12.7 Å². The summed E-state index contributed by atoms with van der Waals surface area (Å²) < 4.78 is 35.0. The highest BCUT2D eigenvalue weighted by Gasteiger charge is 2.25. The van der Waals surface area contributed by atoms with Crippen LogP contribution in [0.15, 0.2) is 59.4 Å². The molecule has 3 aromatic rings. The van der Waals surface area contributed by atoms with Gasteiger partial charge in [-0.05, 0) is 36.8 Å². The van der Waals surface area contributed by atoms with Gasteiger partial charge in [0.2, 0.25) is 10.0 Å². The van der Waals surface area contributed by atoms with E-state index >= 15 is 0 Å². The molecule has 2 aromatic carbocycles. The Balaban J connectivity index is 1.50. The zero-order chi connectivity index (χ0) is 23.6. The molecule has 1 aliphatic rings. The molecular formula is C23H26N4O5S. The quantitative estimate of drug-likeness (QED) is 0.593. The van der Waals surface area contributed by atoms with Gasteiger partial charge in [0.15, 0.2) is 0 Å². The Hall–Kier alpha value is -3.21. The number of rotatable bonds is 6. The number of amides is 1. The van der Waals surface area contributed by atoms with Gasteiger partial charge in [-0.15, -0.1) is 0 Å². The molecule has 9 nitrogen and oxygen atoms in total. The lowest BCUT2D eigenvalue weighted by atomic mass is 10.1. The maximum absolute atomic E-state index is 13.0. The standard InChI is InChI=1S/C23H26N4O5S/c1-17-21(23(29)27(25(17)2)20-6-4-3-5-7-20)24-22(28)19-10-8-18(9-11-19)16-33(30,31)26-12-14-32-15-13-26/h3-11H,12-16H2,1-2H3,(H,24,28). The molecule has 1 fully saturated rings. The van der Waals surface area contributed by atoms with Gasteiger partial charge in [-0.3, -0.25) is 14.3 Å². The van der Waals surface area contributed by atoms with E-state index in [1.165, 1.54) is 8.99 Å². The summed E-state index contributed by atoms with van der Waals surface area (Å²) in [5.41, 5.74) is 2.09. The number of anilines is 1. The Kier molecular flexibility index (Phi) is 6.50. The molecule has 0 unspecified atom stereocenters. The number of carbonyl (C=O) groups is 1. The van der Waals surface area contributed by atoms with Crippen molar-refractivity contribution in [1.82, 2.24) is 13.7 Å². The van der Waals surface area contributed by atoms with Crippen LogP contribution in [0.2, 0.25) is 0 Å². The number of carbonyl (C=O) groups excluding carboxylic acids is 1. The van der Waals surface area contributed by atoms with Gasteiger partial charge in [0, 0.05) is 25.7 Å². The summed E-state index contributed by atoms with van der Waals surface area (Å²) in [5.74, 6) is -0.585. The molecule has 1 saturated heterocycles. The number of para-hydroxylation sites is 1. The second-order valence-corrected chi connectivity index (χ2v) is 9.82. The first-order valence-electron chi connectivity index (χ1n) is 10.6. The molecule has 33 heavy (non-hydrogen) atoms. The number of morpholine rings is 1. The predicted molar refractivity (Wildman–Crippen MR) is 125 cm³/mol. The summed E-state index contributed by atoms with van der Waals surface area (Å²) in [4.78, 5) is 25.8. The van der Waals surface area contributed by atoms with Crippen LogP contribution < -0.4 is 10.9 Å². The first kappa shape index (κ1) is 23.0. The second-order valence-electron chi connectivity index (χ2n) is 7.86. The Morgan fingerprint density at radius 3 is 2.30 bits per heavy atom. The van der Waals surface area contributed by atoms with Crippen molar-refractivity contribution in [3.05, 3.63) is 81.8 Å². The van der Waals surface area contributed by atoms with Crippen LogP contribution in [0, 0.1) is 6.92 Å². The van der Waals surface area contributed by atoms with Crippen LogP contribution in [0.4, 0.5) is 5.69 Å². The monoisotopic (exact) mass is 470 g/mol. The minimum absolute atomic E-state index is 0.144. The molecule has 174 valence electrons. The first-order chi connectivity index (χ1) is 15.8. The van der Waals surface area contributed by atoms with Crippen LogP contribution in [0.25, 0.3) is 5.69 Å².